The summed E-state index contributed by atoms with van der Waals surface area (Å²) < 4.78 is 12.2. The maximum absolute atomic E-state index is 12.7. The first kappa shape index (κ1) is 21.7. The van der Waals surface area contributed by atoms with Crippen LogP contribution >= 0.6 is 23.6 Å². The number of carbonyl (C=O) groups is 1. The number of carbonyl (C=O) groups excluding carboxylic acids is 1. The molecule has 9 nitrogen and oxygen atoms in total. The summed E-state index contributed by atoms with van der Waals surface area (Å²) in [5.74, 6) is 1.35. The molecule has 0 saturated heterocycles. The number of ether oxygens (including phenoxy) is 2. The van der Waals surface area contributed by atoms with Crippen molar-refractivity contribution in [1.82, 2.24) is 25.1 Å². The Hall–Kier alpha value is -3.57. The number of benzene rings is 2. The first-order valence-electron chi connectivity index (χ1n) is 9.54. The van der Waals surface area contributed by atoms with Crippen molar-refractivity contribution in [3.8, 4) is 22.1 Å². The van der Waals surface area contributed by atoms with E-state index in [0.29, 0.717) is 17.1 Å². The molecule has 4 rings (SSSR count). The molecule has 0 spiro atoms. The van der Waals surface area contributed by atoms with E-state index in [1.807, 2.05) is 32.0 Å². The molecule has 0 aliphatic heterocycles. The lowest BCUT2D eigenvalue weighted by Gasteiger charge is -2.14. The van der Waals surface area contributed by atoms with E-state index in [2.05, 4.69) is 25.9 Å². The number of aryl methyl sites for hydroxylation is 2. The summed E-state index contributed by atoms with van der Waals surface area (Å²) in [5.41, 5.74) is 3.03. The van der Waals surface area contributed by atoms with Gasteiger partial charge in [-0.05, 0) is 62.0 Å². The highest BCUT2D eigenvalue weighted by Crippen LogP contribution is 2.29. The Morgan fingerprint density at radius 1 is 1.09 bits per heavy atom. The van der Waals surface area contributed by atoms with Gasteiger partial charge in [-0.15, -0.1) is 10.2 Å². The number of aromatic nitrogens is 4. The van der Waals surface area contributed by atoms with Crippen LogP contribution in [0.1, 0.15) is 21.7 Å². The quantitative estimate of drug-likeness (QED) is 0.428. The second kappa shape index (κ2) is 8.89. The zero-order valence-electron chi connectivity index (χ0n) is 17.8. The number of nitrogens with zero attached hydrogens (tertiary/aromatic N) is 4. The molecule has 164 valence electrons. The number of fused-ring (bicyclic) bond motifs is 1. The van der Waals surface area contributed by atoms with Gasteiger partial charge < -0.3 is 14.8 Å². The Balaban J connectivity index is 1.47. The summed E-state index contributed by atoms with van der Waals surface area (Å²) in [6, 6.07) is 10.8. The number of hydrogen-bond donors (Lipinski definition) is 2. The molecule has 2 heterocycles. The Labute approximate surface area is 193 Å². The number of amides is 1. The highest BCUT2D eigenvalue weighted by molar-refractivity contribution is 7.80. The van der Waals surface area contributed by atoms with Gasteiger partial charge in [0.05, 0.1) is 19.8 Å². The maximum atomic E-state index is 12.7. The van der Waals surface area contributed by atoms with Crippen LogP contribution < -0.4 is 20.1 Å². The largest absolute Gasteiger partial charge is 0.497 e. The van der Waals surface area contributed by atoms with Crippen molar-refractivity contribution >= 4 is 45.2 Å². The van der Waals surface area contributed by atoms with Crippen molar-refractivity contribution in [2.75, 3.05) is 19.5 Å². The van der Waals surface area contributed by atoms with E-state index >= 15 is 0 Å². The minimum absolute atomic E-state index is 0.179. The second-order valence-electron chi connectivity index (χ2n) is 6.85. The Kier molecular flexibility index (Phi) is 6.01. The summed E-state index contributed by atoms with van der Waals surface area (Å²) in [5, 5.41) is 19.4. The summed E-state index contributed by atoms with van der Waals surface area (Å²) in [6.45, 7) is 3.81. The lowest BCUT2D eigenvalue weighted by atomic mass is 10.1. The molecule has 1 amide bonds. The Morgan fingerprint density at radius 2 is 1.91 bits per heavy atom. The number of rotatable bonds is 5. The third-order valence-corrected chi connectivity index (χ3v) is 5.90. The molecule has 0 fully saturated rings. The van der Waals surface area contributed by atoms with Gasteiger partial charge in [-0.2, -0.15) is 9.61 Å². The molecule has 0 saturated carbocycles. The molecule has 0 unspecified atom stereocenters. The van der Waals surface area contributed by atoms with E-state index < -0.39 is 0 Å². The summed E-state index contributed by atoms with van der Waals surface area (Å²) in [4.78, 5) is 13.4. The van der Waals surface area contributed by atoms with Crippen molar-refractivity contribution in [3.63, 3.8) is 0 Å². The number of nitrogens with one attached hydrogen (secondary N) is 2. The fraction of sp³-hybridized carbons (Fsp3) is 0.190. The topological polar surface area (TPSA) is 103 Å². The third-order valence-electron chi connectivity index (χ3n) is 4.75. The van der Waals surface area contributed by atoms with Crippen LogP contribution in [0.4, 0.5) is 5.69 Å². The van der Waals surface area contributed by atoms with Gasteiger partial charge in [-0.1, -0.05) is 11.3 Å². The van der Waals surface area contributed by atoms with Gasteiger partial charge in [-0.3, -0.25) is 10.1 Å². The van der Waals surface area contributed by atoms with E-state index in [-0.39, 0.29) is 11.0 Å². The van der Waals surface area contributed by atoms with Gasteiger partial charge in [0, 0.05) is 17.3 Å². The molecule has 32 heavy (non-hydrogen) atoms. The molecule has 0 aliphatic rings. The molecule has 0 atom stereocenters. The van der Waals surface area contributed by atoms with Crippen LogP contribution in [-0.4, -0.2) is 45.1 Å². The van der Waals surface area contributed by atoms with Crippen LogP contribution in [0.2, 0.25) is 0 Å². The van der Waals surface area contributed by atoms with Gasteiger partial charge in [0.25, 0.3) is 5.91 Å². The maximum Gasteiger partial charge on any atom is 0.261 e. The van der Waals surface area contributed by atoms with Crippen molar-refractivity contribution in [2.24, 2.45) is 0 Å². The fourth-order valence-electron chi connectivity index (χ4n) is 3.08. The third kappa shape index (κ3) is 4.25. The number of methoxy groups -OCH3 is 2. The predicted octanol–water partition coefficient (Wildman–Crippen LogP) is 3.61. The molecular formula is C21H20N6O3S2. The molecular weight excluding hydrogens is 448 g/mol. The average molecular weight is 469 g/mol. The second-order valence-corrected chi connectivity index (χ2v) is 8.22. The highest BCUT2D eigenvalue weighted by atomic mass is 32.1. The van der Waals surface area contributed by atoms with Crippen molar-refractivity contribution in [3.05, 3.63) is 53.3 Å². The van der Waals surface area contributed by atoms with Crippen LogP contribution in [-0.2, 0) is 0 Å². The van der Waals surface area contributed by atoms with Crippen LogP contribution in [0.25, 0.3) is 15.5 Å². The normalized spacial score (nSPS) is 10.8. The van der Waals surface area contributed by atoms with Crippen LogP contribution in [0.3, 0.4) is 0 Å². The first-order valence-corrected chi connectivity index (χ1v) is 10.8. The average Bonchev–Trinajstić information content (AvgIpc) is 3.36. The minimum Gasteiger partial charge on any atom is -0.497 e. The van der Waals surface area contributed by atoms with Gasteiger partial charge in [0.1, 0.15) is 16.5 Å². The number of thiocarbonyl (C=S) groups is 1. The molecule has 0 bridgehead atoms. The van der Waals surface area contributed by atoms with E-state index in [1.165, 1.54) is 18.4 Å². The van der Waals surface area contributed by atoms with Crippen molar-refractivity contribution in [1.29, 1.82) is 0 Å². The van der Waals surface area contributed by atoms with Gasteiger partial charge in [0.15, 0.2) is 10.9 Å². The smallest absolute Gasteiger partial charge is 0.261 e. The van der Waals surface area contributed by atoms with Crippen molar-refractivity contribution < 1.29 is 14.3 Å². The Bertz CT molecular complexity index is 1330. The molecule has 0 radical (unpaired) electrons. The summed E-state index contributed by atoms with van der Waals surface area (Å²) in [6.07, 6.45) is 0. The number of hydrogen-bond acceptors (Lipinski definition) is 8. The van der Waals surface area contributed by atoms with Gasteiger partial charge >= 0.3 is 0 Å². The molecule has 4 aromatic rings. The molecule has 2 N–H and O–H groups in total. The standard InChI is InChI=1S/C21H20N6O3S2/c1-11-9-13(19-26-27-12(2)24-25-21(27)32-19)5-8-16(11)22-20(31)23-18(28)15-7-6-14(29-3)10-17(15)30-4/h5-10H,1-4H3,(H2,22,23,28,31). The van der Waals surface area contributed by atoms with E-state index in [1.54, 1.807) is 29.8 Å². The predicted molar refractivity (Wildman–Crippen MR) is 127 cm³/mol. The first-order chi connectivity index (χ1) is 15.4. The van der Waals surface area contributed by atoms with Gasteiger partial charge in [0.2, 0.25) is 4.96 Å². The molecule has 11 heteroatoms. The highest BCUT2D eigenvalue weighted by Gasteiger charge is 2.16. The van der Waals surface area contributed by atoms with E-state index in [4.69, 9.17) is 21.7 Å². The van der Waals surface area contributed by atoms with Crippen LogP contribution in [0.5, 0.6) is 11.5 Å². The molecule has 2 aromatic heterocycles. The number of anilines is 1. The molecule has 0 aliphatic carbocycles. The zero-order valence-corrected chi connectivity index (χ0v) is 19.4. The van der Waals surface area contributed by atoms with Crippen LogP contribution in [0, 0.1) is 13.8 Å². The van der Waals surface area contributed by atoms with Crippen molar-refractivity contribution in [2.45, 2.75) is 13.8 Å². The fourth-order valence-corrected chi connectivity index (χ4v) is 4.16. The molecule has 2 aromatic carbocycles. The minimum atomic E-state index is -0.383. The van der Waals surface area contributed by atoms with E-state index in [0.717, 1.165) is 32.6 Å². The lowest BCUT2D eigenvalue weighted by Crippen LogP contribution is -2.34. The lowest BCUT2D eigenvalue weighted by molar-refractivity contribution is 0.0974. The summed E-state index contributed by atoms with van der Waals surface area (Å²) in [7, 11) is 3.04. The monoisotopic (exact) mass is 468 g/mol. The SMILES string of the molecule is COc1ccc(C(=O)NC(=S)Nc2ccc(-c3nn4c(C)nnc4s3)cc2C)c(OC)c1. The van der Waals surface area contributed by atoms with Crippen LogP contribution in [0.15, 0.2) is 36.4 Å². The van der Waals surface area contributed by atoms with Gasteiger partial charge in [-0.25, -0.2) is 0 Å². The Morgan fingerprint density at radius 3 is 2.59 bits per heavy atom. The summed E-state index contributed by atoms with van der Waals surface area (Å²) >= 11 is 6.80. The zero-order chi connectivity index (χ0) is 22.8. The van der Waals surface area contributed by atoms with E-state index in [9.17, 15) is 4.79 Å².